The summed E-state index contributed by atoms with van der Waals surface area (Å²) in [6, 6.07) is 22.9. The van der Waals surface area contributed by atoms with Crippen molar-refractivity contribution in [2.45, 2.75) is 0 Å². The molecule has 0 saturated heterocycles. The fraction of sp³-hybridized carbons (Fsp3) is 0.0645. The minimum absolute atomic E-state index is 0.105. The number of hydrogen-bond donors (Lipinski definition) is 2. The second-order valence-corrected chi connectivity index (χ2v) is 10.4. The van der Waals surface area contributed by atoms with Crippen molar-refractivity contribution in [2.24, 2.45) is 5.10 Å². The monoisotopic (exact) mass is 645 g/mol. The van der Waals surface area contributed by atoms with E-state index >= 15 is 0 Å². The van der Waals surface area contributed by atoms with Gasteiger partial charge in [0.25, 0.3) is 5.91 Å². The summed E-state index contributed by atoms with van der Waals surface area (Å²) in [6.45, 7) is 0.105. The van der Waals surface area contributed by atoms with Gasteiger partial charge >= 0.3 is 5.97 Å². The van der Waals surface area contributed by atoms with E-state index in [-0.39, 0.29) is 12.5 Å². The number of benzene rings is 4. The number of halogens is 2. The first-order valence-corrected chi connectivity index (χ1v) is 13.8. The number of amides is 1. The number of aromatic amines is 1. The Bertz CT molecular complexity index is 1870. The van der Waals surface area contributed by atoms with Gasteiger partial charge in [0.2, 0.25) is 6.79 Å². The molecule has 0 fully saturated rings. The van der Waals surface area contributed by atoms with E-state index in [9.17, 15) is 9.59 Å². The molecule has 0 saturated carbocycles. The molecule has 0 aliphatic carbocycles. The number of rotatable bonds is 7. The average molecular weight is 647 g/mol. The number of hydrogen-bond acceptors (Lipinski definition) is 7. The Kier molecular flexibility index (Phi) is 7.56. The van der Waals surface area contributed by atoms with Gasteiger partial charge in [0.15, 0.2) is 23.0 Å². The summed E-state index contributed by atoms with van der Waals surface area (Å²) in [5, 5.41) is 5.41. The Morgan fingerprint density at radius 1 is 1.00 bits per heavy atom. The summed E-state index contributed by atoms with van der Waals surface area (Å²) in [6.07, 6.45) is 1.46. The normalized spacial score (nSPS) is 12.1. The zero-order valence-electron chi connectivity index (χ0n) is 21.9. The second-order valence-electron chi connectivity index (χ2n) is 9.12. The lowest BCUT2D eigenvalue weighted by Gasteiger charge is -2.10. The van der Waals surface area contributed by atoms with Crippen LogP contribution in [-0.4, -0.2) is 37.0 Å². The average Bonchev–Trinajstić information content (AvgIpc) is 3.63. The number of carbonyl (C=O) groups is 2. The largest absolute Gasteiger partial charge is 0.493 e. The molecule has 6 rings (SSSR count). The van der Waals surface area contributed by atoms with E-state index in [1.54, 1.807) is 42.5 Å². The highest BCUT2D eigenvalue weighted by atomic mass is 79.9. The Morgan fingerprint density at radius 3 is 2.62 bits per heavy atom. The number of esters is 1. The molecular weight excluding hydrogens is 626 g/mol. The van der Waals surface area contributed by atoms with Gasteiger partial charge in [-0.1, -0.05) is 57.9 Å². The first kappa shape index (κ1) is 27.4. The summed E-state index contributed by atoms with van der Waals surface area (Å²) in [4.78, 5) is 29.2. The van der Waals surface area contributed by atoms with Gasteiger partial charge in [-0.2, -0.15) is 5.10 Å². The third-order valence-corrected chi connectivity index (χ3v) is 7.25. The number of ether oxygens (including phenoxy) is 4. The molecule has 2 N–H and O–H groups in total. The molecule has 0 radical (unpaired) electrons. The molecule has 9 nitrogen and oxygen atoms in total. The zero-order valence-corrected chi connectivity index (χ0v) is 24.3. The molecule has 210 valence electrons. The van der Waals surface area contributed by atoms with Crippen LogP contribution in [0.5, 0.6) is 23.0 Å². The van der Waals surface area contributed by atoms with Crippen LogP contribution < -0.4 is 24.4 Å². The van der Waals surface area contributed by atoms with Crippen LogP contribution in [0.3, 0.4) is 0 Å². The molecule has 11 heteroatoms. The highest BCUT2D eigenvalue weighted by Gasteiger charge is 2.21. The van der Waals surface area contributed by atoms with Crippen LogP contribution >= 0.6 is 27.5 Å². The molecule has 0 unspecified atom stereocenters. The third-order valence-electron chi connectivity index (χ3n) is 6.49. The van der Waals surface area contributed by atoms with Gasteiger partial charge in [-0.15, -0.1) is 0 Å². The number of fused-ring (bicyclic) bond motifs is 2. The summed E-state index contributed by atoms with van der Waals surface area (Å²) in [7, 11) is 1.46. The highest BCUT2D eigenvalue weighted by Crippen LogP contribution is 2.38. The highest BCUT2D eigenvalue weighted by molar-refractivity contribution is 9.10. The van der Waals surface area contributed by atoms with Crippen molar-refractivity contribution in [1.29, 1.82) is 0 Å². The smallest absolute Gasteiger partial charge is 0.343 e. The van der Waals surface area contributed by atoms with E-state index in [1.807, 2.05) is 36.4 Å². The third kappa shape index (κ3) is 5.41. The van der Waals surface area contributed by atoms with Crippen LogP contribution in [0.4, 0.5) is 0 Å². The van der Waals surface area contributed by atoms with E-state index in [0.717, 1.165) is 15.4 Å². The molecule has 0 bridgehead atoms. The number of aromatic nitrogens is 1. The molecule has 0 spiro atoms. The van der Waals surface area contributed by atoms with Crippen LogP contribution in [0, 0.1) is 0 Å². The Morgan fingerprint density at radius 2 is 1.81 bits per heavy atom. The van der Waals surface area contributed by atoms with Gasteiger partial charge in [0.1, 0.15) is 5.69 Å². The zero-order chi connectivity index (χ0) is 29.2. The SMILES string of the molecule is COc1cc(C=NNC(=O)c2[nH]c3c(Cl)cc(Br)cc3c2-c2ccccc2)ccc1OC(=O)c1ccc2c(c1)OCO2. The predicted octanol–water partition coefficient (Wildman–Crippen LogP) is 6.97. The minimum Gasteiger partial charge on any atom is -0.493 e. The number of methoxy groups -OCH3 is 1. The lowest BCUT2D eigenvalue weighted by molar-refractivity contribution is 0.0729. The number of hydrazone groups is 1. The number of nitrogens with zero attached hydrogens (tertiary/aromatic N) is 1. The topological polar surface area (TPSA) is 111 Å². The molecule has 0 atom stereocenters. The molecule has 1 amide bonds. The van der Waals surface area contributed by atoms with Crippen molar-refractivity contribution in [3.63, 3.8) is 0 Å². The number of carbonyl (C=O) groups excluding carboxylic acids is 2. The lowest BCUT2D eigenvalue weighted by Crippen LogP contribution is -2.18. The van der Waals surface area contributed by atoms with Crippen molar-refractivity contribution in [2.75, 3.05) is 13.9 Å². The number of nitrogens with one attached hydrogen (secondary N) is 2. The van der Waals surface area contributed by atoms with Crippen LogP contribution in [0.15, 0.2) is 88.4 Å². The molecule has 1 aliphatic rings. The maximum absolute atomic E-state index is 13.3. The summed E-state index contributed by atoms with van der Waals surface area (Å²) in [5.41, 5.74) is 5.99. The molecule has 2 heterocycles. The Hall–Kier alpha value is -4.80. The van der Waals surface area contributed by atoms with Crippen LogP contribution in [0.1, 0.15) is 26.4 Å². The standard InChI is InChI=1S/C31H21BrClN3O6/c1-39-25-11-17(7-9-24(25)42-31(38)19-8-10-23-26(12-19)41-16-40-23)15-34-36-30(37)29-27(18-5-3-2-4-6-18)21-13-20(32)14-22(33)28(21)35-29/h2-15,35H,16H2,1H3,(H,36,37). The second kappa shape index (κ2) is 11.6. The van der Waals surface area contributed by atoms with Gasteiger partial charge in [0, 0.05) is 15.4 Å². The van der Waals surface area contributed by atoms with Gasteiger partial charge < -0.3 is 23.9 Å². The van der Waals surface area contributed by atoms with Crippen LogP contribution in [0.2, 0.25) is 5.02 Å². The minimum atomic E-state index is -0.583. The molecule has 4 aromatic carbocycles. The molecular formula is C31H21BrClN3O6. The van der Waals surface area contributed by atoms with E-state index < -0.39 is 11.9 Å². The summed E-state index contributed by atoms with van der Waals surface area (Å²) < 4.78 is 22.4. The van der Waals surface area contributed by atoms with E-state index in [2.05, 4.69) is 31.4 Å². The van der Waals surface area contributed by atoms with E-state index in [4.69, 9.17) is 30.5 Å². The Balaban J connectivity index is 1.20. The predicted molar refractivity (Wildman–Crippen MR) is 162 cm³/mol. The van der Waals surface area contributed by atoms with Crippen molar-refractivity contribution >= 4 is 56.5 Å². The molecule has 42 heavy (non-hydrogen) atoms. The van der Waals surface area contributed by atoms with Crippen LogP contribution in [-0.2, 0) is 0 Å². The first-order valence-electron chi connectivity index (χ1n) is 12.6. The lowest BCUT2D eigenvalue weighted by atomic mass is 10.0. The molecule has 5 aromatic rings. The van der Waals surface area contributed by atoms with Gasteiger partial charge in [-0.3, -0.25) is 4.79 Å². The fourth-order valence-electron chi connectivity index (χ4n) is 4.55. The van der Waals surface area contributed by atoms with Crippen molar-refractivity contribution in [3.05, 3.63) is 105 Å². The number of H-pyrrole nitrogens is 1. The van der Waals surface area contributed by atoms with Crippen LogP contribution in [0.25, 0.3) is 22.0 Å². The van der Waals surface area contributed by atoms with E-state index in [0.29, 0.717) is 50.2 Å². The maximum Gasteiger partial charge on any atom is 0.343 e. The summed E-state index contributed by atoms with van der Waals surface area (Å²) >= 11 is 9.96. The van der Waals surface area contributed by atoms with Gasteiger partial charge in [0.05, 0.1) is 29.4 Å². The molecule has 1 aliphatic heterocycles. The molecule has 1 aromatic heterocycles. The van der Waals surface area contributed by atoms with Gasteiger partial charge in [-0.05, 0) is 59.7 Å². The fourth-order valence-corrected chi connectivity index (χ4v) is 5.40. The van der Waals surface area contributed by atoms with Crippen molar-refractivity contribution < 1.29 is 28.5 Å². The van der Waals surface area contributed by atoms with E-state index in [1.165, 1.54) is 13.3 Å². The van der Waals surface area contributed by atoms with Crippen molar-refractivity contribution in [3.8, 4) is 34.1 Å². The van der Waals surface area contributed by atoms with Gasteiger partial charge in [-0.25, -0.2) is 10.2 Å². The first-order chi connectivity index (χ1) is 20.4. The maximum atomic E-state index is 13.3. The Labute approximate surface area is 253 Å². The quantitative estimate of drug-likeness (QED) is 0.0855. The van der Waals surface area contributed by atoms with Crippen molar-refractivity contribution in [1.82, 2.24) is 10.4 Å². The summed E-state index contributed by atoms with van der Waals surface area (Å²) in [5.74, 6) is 0.535.